The van der Waals surface area contributed by atoms with Crippen molar-refractivity contribution < 1.29 is 9.53 Å². The molecule has 1 aromatic carbocycles. The maximum atomic E-state index is 11.6. The smallest absolute Gasteiger partial charge is 0.354 e. The second kappa shape index (κ2) is 4.18. The van der Waals surface area contributed by atoms with Gasteiger partial charge in [-0.1, -0.05) is 17.7 Å². The first-order valence-electron chi connectivity index (χ1n) is 5.05. The Kier molecular flexibility index (Phi) is 2.88. The number of esters is 1. The molecule has 0 amide bonds. The van der Waals surface area contributed by atoms with Crippen LogP contribution < -0.4 is 0 Å². The Morgan fingerprint density at radius 1 is 1.44 bits per heavy atom. The van der Waals surface area contributed by atoms with E-state index in [1.165, 1.54) is 0 Å². The summed E-state index contributed by atoms with van der Waals surface area (Å²) < 4.78 is 6.77. The van der Waals surface area contributed by atoms with Crippen molar-refractivity contribution in [3.05, 3.63) is 35.0 Å². The molecule has 0 spiro atoms. The lowest BCUT2D eigenvalue weighted by molar-refractivity contribution is 0.0516. The molecule has 3 nitrogen and oxygen atoms in total. The molecule has 1 aromatic heterocycles. The minimum absolute atomic E-state index is 0.308. The fourth-order valence-corrected chi connectivity index (χ4v) is 1.87. The molecule has 0 unspecified atom stereocenters. The molecule has 1 heterocycles. The topological polar surface area (TPSA) is 31.2 Å². The largest absolute Gasteiger partial charge is 0.461 e. The molecule has 0 aliphatic carbocycles. The summed E-state index contributed by atoms with van der Waals surface area (Å²) in [6.45, 7) is 2.17. The van der Waals surface area contributed by atoms with E-state index in [2.05, 4.69) is 0 Å². The summed E-state index contributed by atoms with van der Waals surface area (Å²) >= 11 is 5.91. The molecule has 0 bridgehead atoms. The van der Waals surface area contributed by atoms with Crippen molar-refractivity contribution in [2.75, 3.05) is 6.61 Å². The molecule has 0 saturated carbocycles. The normalized spacial score (nSPS) is 10.7. The third kappa shape index (κ3) is 1.78. The molecule has 0 aliphatic rings. The lowest BCUT2D eigenvalue weighted by Crippen LogP contribution is -2.09. The summed E-state index contributed by atoms with van der Waals surface area (Å²) in [5.41, 5.74) is 1.47. The van der Waals surface area contributed by atoms with Crippen LogP contribution in [0.4, 0.5) is 0 Å². The van der Waals surface area contributed by atoms with Crippen molar-refractivity contribution in [3.63, 3.8) is 0 Å². The Labute approximate surface area is 98.6 Å². The molecule has 0 saturated heterocycles. The van der Waals surface area contributed by atoms with Gasteiger partial charge in [-0.25, -0.2) is 4.79 Å². The molecule has 0 atom stereocenters. The summed E-state index contributed by atoms with van der Waals surface area (Å²) in [7, 11) is 1.82. The van der Waals surface area contributed by atoms with E-state index in [9.17, 15) is 4.79 Å². The second-order valence-corrected chi connectivity index (χ2v) is 3.95. The van der Waals surface area contributed by atoms with E-state index in [-0.39, 0.29) is 5.97 Å². The number of hydrogen-bond donors (Lipinski definition) is 0. The molecule has 16 heavy (non-hydrogen) atoms. The molecule has 4 heteroatoms. The Morgan fingerprint density at radius 2 is 2.19 bits per heavy atom. The Morgan fingerprint density at radius 3 is 2.88 bits per heavy atom. The summed E-state index contributed by atoms with van der Waals surface area (Å²) in [5.74, 6) is -0.308. The number of ether oxygens (including phenoxy) is 1. The van der Waals surface area contributed by atoms with Gasteiger partial charge in [0.25, 0.3) is 0 Å². The van der Waals surface area contributed by atoms with E-state index in [1.54, 1.807) is 17.6 Å². The monoisotopic (exact) mass is 237 g/mol. The average Bonchev–Trinajstić information content (AvgIpc) is 2.57. The number of nitrogens with zero attached hydrogens (tertiary/aromatic N) is 1. The van der Waals surface area contributed by atoms with Gasteiger partial charge in [-0.3, -0.25) is 0 Å². The van der Waals surface area contributed by atoms with Crippen LogP contribution in [0.5, 0.6) is 0 Å². The van der Waals surface area contributed by atoms with Gasteiger partial charge >= 0.3 is 5.97 Å². The van der Waals surface area contributed by atoms with Crippen LogP contribution in [-0.4, -0.2) is 17.1 Å². The molecule has 0 fully saturated rings. The van der Waals surface area contributed by atoms with Crippen LogP contribution in [0.2, 0.25) is 5.02 Å². The Balaban J connectivity index is 2.56. The summed E-state index contributed by atoms with van der Waals surface area (Å²) in [6, 6.07) is 7.34. The van der Waals surface area contributed by atoms with Crippen LogP contribution in [0.25, 0.3) is 10.9 Å². The number of aryl methyl sites for hydroxylation is 1. The van der Waals surface area contributed by atoms with Gasteiger partial charge in [0.05, 0.1) is 6.61 Å². The van der Waals surface area contributed by atoms with Gasteiger partial charge in [-0.05, 0) is 25.1 Å². The van der Waals surface area contributed by atoms with Gasteiger partial charge in [0, 0.05) is 23.0 Å². The zero-order valence-corrected chi connectivity index (χ0v) is 9.91. The number of aromatic nitrogens is 1. The highest BCUT2D eigenvalue weighted by Gasteiger charge is 2.13. The lowest BCUT2D eigenvalue weighted by atomic mass is 10.2. The van der Waals surface area contributed by atoms with Crippen LogP contribution in [0.1, 0.15) is 17.4 Å². The first kappa shape index (κ1) is 11.0. The molecule has 0 radical (unpaired) electrons. The highest BCUT2D eigenvalue weighted by atomic mass is 35.5. The first-order chi connectivity index (χ1) is 7.63. The summed E-state index contributed by atoms with van der Waals surface area (Å²) in [6.07, 6.45) is 0. The number of benzene rings is 1. The van der Waals surface area contributed by atoms with Crippen molar-refractivity contribution in [2.45, 2.75) is 6.92 Å². The maximum absolute atomic E-state index is 11.6. The first-order valence-corrected chi connectivity index (χ1v) is 5.43. The van der Waals surface area contributed by atoms with Crippen molar-refractivity contribution >= 4 is 28.5 Å². The van der Waals surface area contributed by atoms with Gasteiger partial charge in [0.1, 0.15) is 5.69 Å². The molecular weight excluding hydrogens is 226 g/mol. The van der Waals surface area contributed by atoms with Gasteiger partial charge < -0.3 is 9.30 Å². The minimum atomic E-state index is -0.308. The second-order valence-electron chi connectivity index (χ2n) is 3.51. The van der Waals surface area contributed by atoms with E-state index in [0.717, 1.165) is 10.9 Å². The SMILES string of the molecule is CCOC(=O)c1cc2ccc(Cl)cc2n1C. The predicted molar refractivity (Wildman–Crippen MR) is 63.9 cm³/mol. The van der Waals surface area contributed by atoms with Gasteiger partial charge in [0.2, 0.25) is 0 Å². The third-order valence-electron chi connectivity index (χ3n) is 2.49. The molecule has 84 valence electrons. The molecular formula is C12H12ClNO2. The van der Waals surface area contributed by atoms with E-state index in [4.69, 9.17) is 16.3 Å². The van der Waals surface area contributed by atoms with Crippen LogP contribution in [0.15, 0.2) is 24.3 Å². The molecule has 2 aromatic rings. The van der Waals surface area contributed by atoms with E-state index in [1.807, 2.05) is 25.2 Å². The minimum Gasteiger partial charge on any atom is -0.461 e. The van der Waals surface area contributed by atoms with Crippen molar-refractivity contribution in [3.8, 4) is 0 Å². The van der Waals surface area contributed by atoms with Crippen LogP contribution in [-0.2, 0) is 11.8 Å². The van der Waals surface area contributed by atoms with Crippen molar-refractivity contribution in [1.82, 2.24) is 4.57 Å². The zero-order chi connectivity index (χ0) is 11.7. The summed E-state index contributed by atoms with van der Waals surface area (Å²) in [5, 5.41) is 1.64. The number of halogens is 1. The number of rotatable bonds is 2. The fraction of sp³-hybridized carbons (Fsp3) is 0.250. The number of fused-ring (bicyclic) bond motifs is 1. The number of hydrogen-bond acceptors (Lipinski definition) is 2. The number of carbonyl (C=O) groups excluding carboxylic acids is 1. The van der Waals surface area contributed by atoms with Crippen LogP contribution >= 0.6 is 11.6 Å². The average molecular weight is 238 g/mol. The lowest BCUT2D eigenvalue weighted by Gasteiger charge is -2.03. The van der Waals surface area contributed by atoms with E-state index in [0.29, 0.717) is 17.3 Å². The number of carbonyl (C=O) groups is 1. The van der Waals surface area contributed by atoms with Crippen LogP contribution in [0, 0.1) is 0 Å². The van der Waals surface area contributed by atoms with Gasteiger partial charge in [0.15, 0.2) is 0 Å². The summed E-state index contributed by atoms with van der Waals surface area (Å²) in [4.78, 5) is 11.6. The Bertz CT molecular complexity index is 545. The highest BCUT2D eigenvalue weighted by Crippen LogP contribution is 2.22. The van der Waals surface area contributed by atoms with Crippen LogP contribution in [0.3, 0.4) is 0 Å². The highest BCUT2D eigenvalue weighted by molar-refractivity contribution is 6.31. The molecule has 0 N–H and O–H groups in total. The van der Waals surface area contributed by atoms with E-state index >= 15 is 0 Å². The van der Waals surface area contributed by atoms with Crippen molar-refractivity contribution in [2.24, 2.45) is 7.05 Å². The molecule has 0 aliphatic heterocycles. The standard InChI is InChI=1S/C12H12ClNO2/c1-3-16-12(15)11-6-8-4-5-9(13)7-10(8)14(11)2/h4-7H,3H2,1-2H3. The predicted octanol–water partition coefficient (Wildman–Crippen LogP) is 3.01. The van der Waals surface area contributed by atoms with Crippen molar-refractivity contribution in [1.29, 1.82) is 0 Å². The third-order valence-corrected chi connectivity index (χ3v) is 2.73. The van der Waals surface area contributed by atoms with Gasteiger partial charge in [-0.15, -0.1) is 0 Å². The maximum Gasteiger partial charge on any atom is 0.354 e. The zero-order valence-electron chi connectivity index (χ0n) is 9.16. The van der Waals surface area contributed by atoms with Gasteiger partial charge in [-0.2, -0.15) is 0 Å². The van der Waals surface area contributed by atoms with E-state index < -0.39 is 0 Å². The Hall–Kier alpha value is -1.48. The quantitative estimate of drug-likeness (QED) is 0.752. The fourth-order valence-electron chi connectivity index (χ4n) is 1.70. The molecule has 2 rings (SSSR count).